The van der Waals surface area contributed by atoms with Crippen molar-refractivity contribution in [3.05, 3.63) is 16.1 Å². The molecule has 2 nitrogen and oxygen atoms in total. The summed E-state index contributed by atoms with van der Waals surface area (Å²) in [4.78, 5) is 4.12. The standard InChI is InChI=1S/C6H8BrNOS/c1-4-8-5(3-10-4)6(9)2-7/h3,6,9H,2H2,1H3/t6-/m0/s1. The van der Waals surface area contributed by atoms with Gasteiger partial charge in [-0.25, -0.2) is 4.98 Å². The molecule has 0 saturated heterocycles. The fourth-order valence-electron chi connectivity index (χ4n) is 0.612. The molecule has 0 aromatic carbocycles. The first-order valence-electron chi connectivity index (χ1n) is 2.90. The van der Waals surface area contributed by atoms with Gasteiger partial charge in [-0.15, -0.1) is 11.3 Å². The van der Waals surface area contributed by atoms with Gasteiger partial charge in [-0.3, -0.25) is 0 Å². The highest BCUT2D eigenvalue weighted by Crippen LogP contribution is 2.17. The van der Waals surface area contributed by atoms with Crippen LogP contribution >= 0.6 is 27.3 Å². The summed E-state index contributed by atoms with van der Waals surface area (Å²) in [6.07, 6.45) is -0.454. The van der Waals surface area contributed by atoms with Crippen molar-refractivity contribution in [2.45, 2.75) is 13.0 Å². The van der Waals surface area contributed by atoms with Crippen LogP contribution in [0.3, 0.4) is 0 Å². The van der Waals surface area contributed by atoms with E-state index >= 15 is 0 Å². The van der Waals surface area contributed by atoms with E-state index in [1.165, 1.54) is 0 Å². The molecule has 10 heavy (non-hydrogen) atoms. The number of hydrogen-bond acceptors (Lipinski definition) is 3. The van der Waals surface area contributed by atoms with Crippen LogP contribution in [-0.4, -0.2) is 15.4 Å². The number of hydrogen-bond donors (Lipinski definition) is 1. The molecule has 1 aromatic heterocycles. The van der Waals surface area contributed by atoms with Gasteiger partial charge >= 0.3 is 0 Å². The lowest BCUT2D eigenvalue weighted by Gasteiger charge is -1.99. The summed E-state index contributed by atoms with van der Waals surface area (Å²) in [7, 11) is 0. The van der Waals surface area contributed by atoms with Crippen molar-refractivity contribution in [3.8, 4) is 0 Å². The first-order valence-corrected chi connectivity index (χ1v) is 4.90. The predicted molar refractivity (Wildman–Crippen MR) is 45.6 cm³/mol. The second-order valence-corrected chi connectivity index (χ2v) is 3.67. The van der Waals surface area contributed by atoms with Gasteiger partial charge in [-0.2, -0.15) is 0 Å². The molecule has 1 atom stereocenters. The van der Waals surface area contributed by atoms with E-state index in [-0.39, 0.29) is 0 Å². The maximum Gasteiger partial charge on any atom is 0.106 e. The summed E-state index contributed by atoms with van der Waals surface area (Å²) in [6.45, 7) is 1.93. The summed E-state index contributed by atoms with van der Waals surface area (Å²) in [5.74, 6) is 0. The van der Waals surface area contributed by atoms with Crippen molar-refractivity contribution >= 4 is 27.3 Å². The van der Waals surface area contributed by atoms with Crippen LogP contribution in [0.15, 0.2) is 5.38 Å². The molecule has 0 fully saturated rings. The van der Waals surface area contributed by atoms with Gasteiger partial charge in [0, 0.05) is 10.7 Å². The number of halogens is 1. The Morgan fingerprint density at radius 3 is 3.00 bits per heavy atom. The zero-order valence-corrected chi connectivity index (χ0v) is 7.94. The number of aromatic nitrogens is 1. The smallest absolute Gasteiger partial charge is 0.106 e. The Morgan fingerprint density at radius 2 is 2.60 bits per heavy atom. The molecular formula is C6H8BrNOS. The molecule has 4 heteroatoms. The number of aliphatic hydroxyl groups excluding tert-OH is 1. The molecule has 0 saturated carbocycles. The molecule has 0 amide bonds. The summed E-state index contributed by atoms with van der Waals surface area (Å²) in [5.41, 5.74) is 0.763. The Hall–Kier alpha value is 0.0700. The number of aliphatic hydroxyl groups is 1. The van der Waals surface area contributed by atoms with Crippen LogP contribution in [-0.2, 0) is 0 Å². The van der Waals surface area contributed by atoms with E-state index in [4.69, 9.17) is 0 Å². The van der Waals surface area contributed by atoms with Gasteiger partial charge in [0.15, 0.2) is 0 Å². The molecule has 0 aliphatic heterocycles. The molecule has 0 spiro atoms. The molecule has 0 aliphatic rings. The van der Waals surface area contributed by atoms with Gasteiger partial charge in [0.25, 0.3) is 0 Å². The Balaban J connectivity index is 2.74. The van der Waals surface area contributed by atoms with Crippen LogP contribution in [0, 0.1) is 6.92 Å². The van der Waals surface area contributed by atoms with E-state index in [1.54, 1.807) is 11.3 Å². The maximum absolute atomic E-state index is 9.24. The zero-order valence-electron chi connectivity index (χ0n) is 5.54. The normalized spacial score (nSPS) is 13.5. The van der Waals surface area contributed by atoms with E-state index in [1.807, 2.05) is 12.3 Å². The van der Waals surface area contributed by atoms with Crippen LogP contribution in [0.2, 0.25) is 0 Å². The van der Waals surface area contributed by atoms with Gasteiger partial charge in [-0.05, 0) is 6.92 Å². The monoisotopic (exact) mass is 221 g/mol. The van der Waals surface area contributed by atoms with Gasteiger partial charge < -0.3 is 5.11 Å². The third-order valence-electron chi connectivity index (χ3n) is 1.12. The Morgan fingerprint density at radius 1 is 1.90 bits per heavy atom. The maximum atomic E-state index is 9.24. The van der Waals surface area contributed by atoms with Crippen molar-refractivity contribution in [2.75, 3.05) is 5.33 Å². The summed E-state index contributed by atoms with van der Waals surface area (Å²) < 4.78 is 0. The minimum absolute atomic E-state index is 0.454. The Bertz CT molecular complexity index is 213. The number of alkyl halides is 1. The molecule has 0 radical (unpaired) electrons. The SMILES string of the molecule is Cc1nc([C@@H](O)CBr)cs1. The van der Waals surface area contributed by atoms with Crippen molar-refractivity contribution in [1.29, 1.82) is 0 Å². The third-order valence-corrected chi connectivity index (χ3v) is 2.53. The largest absolute Gasteiger partial charge is 0.386 e. The van der Waals surface area contributed by atoms with Gasteiger partial charge in [-0.1, -0.05) is 15.9 Å². The first-order chi connectivity index (χ1) is 4.74. The topological polar surface area (TPSA) is 33.1 Å². The first kappa shape index (κ1) is 8.17. The van der Waals surface area contributed by atoms with Crippen LogP contribution in [0.5, 0.6) is 0 Å². The number of nitrogens with zero attached hydrogens (tertiary/aromatic N) is 1. The lowest BCUT2D eigenvalue weighted by atomic mass is 10.3. The molecule has 56 valence electrons. The molecule has 0 aliphatic carbocycles. The highest BCUT2D eigenvalue weighted by Gasteiger charge is 2.07. The molecule has 1 rings (SSSR count). The quantitative estimate of drug-likeness (QED) is 0.775. The lowest BCUT2D eigenvalue weighted by Crippen LogP contribution is -1.97. The van der Waals surface area contributed by atoms with Gasteiger partial charge in [0.2, 0.25) is 0 Å². The third kappa shape index (κ3) is 1.78. The minimum Gasteiger partial charge on any atom is -0.386 e. The van der Waals surface area contributed by atoms with Gasteiger partial charge in [0.05, 0.1) is 10.7 Å². The van der Waals surface area contributed by atoms with Crippen molar-refractivity contribution in [2.24, 2.45) is 0 Å². The van der Waals surface area contributed by atoms with E-state index in [9.17, 15) is 5.11 Å². The number of thiazole rings is 1. The van der Waals surface area contributed by atoms with Crippen LogP contribution < -0.4 is 0 Å². The fraction of sp³-hybridized carbons (Fsp3) is 0.500. The minimum atomic E-state index is -0.454. The van der Waals surface area contributed by atoms with Crippen LogP contribution in [0.1, 0.15) is 16.8 Å². The molecule has 0 unspecified atom stereocenters. The van der Waals surface area contributed by atoms with Crippen molar-refractivity contribution in [3.63, 3.8) is 0 Å². The van der Waals surface area contributed by atoms with Crippen LogP contribution in [0.4, 0.5) is 0 Å². The van der Waals surface area contributed by atoms with Crippen molar-refractivity contribution in [1.82, 2.24) is 4.98 Å². The summed E-state index contributed by atoms with van der Waals surface area (Å²) in [5, 5.41) is 12.7. The second kappa shape index (κ2) is 3.46. The molecule has 1 aromatic rings. The predicted octanol–water partition coefficient (Wildman–Crippen LogP) is 1.88. The second-order valence-electron chi connectivity index (χ2n) is 1.96. The van der Waals surface area contributed by atoms with E-state index < -0.39 is 6.10 Å². The number of aryl methyl sites for hydroxylation is 1. The van der Waals surface area contributed by atoms with E-state index in [2.05, 4.69) is 20.9 Å². The fourth-order valence-corrected chi connectivity index (χ4v) is 1.60. The average molecular weight is 222 g/mol. The molecular weight excluding hydrogens is 214 g/mol. The molecule has 1 N–H and O–H groups in total. The summed E-state index contributed by atoms with van der Waals surface area (Å²) in [6, 6.07) is 0. The van der Waals surface area contributed by atoms with E-state index in [0.717, 1.165) is 10.7 Å². The highest BCUT2D eigenvalue weighted by molar-refractivity contribution is 9.09. The zero-order chi connectivity index (χ0) is 7.56. The number of rotatable bonds is 2. The lowest BCUT2D eigenvalue weighted by molar-refractivity contribution is 0.201. The molecule has 0 bridgehead atoms. The van der Waals surface area contributed by atoms with Crippen molar-refractivity contribution < 1.29 is 5.11 Å². The van der Waals surface area contributed by atoms with E-state index in [0.29, 0.717) is 5.33 Å². The Kier molecular flexibility index (Phi) is 2.82. The van der Waals surface area contributed by atoms with Gasteiger partial charge in [0.1, 0.15) is 6.10 Å². The highest BCUT2D eigenvalue weighted by atomic mass is 79.9. The Labute approximate surface area is 72.0 Å². The summed E-state index contributed by atoms with van der Waals surface area (Å²) >= 11 is 4.73. The van der Waals surface area contributed by atoms with Crippen LogP contribution in [0.25, 0.3) is 0 Å². The molecule has 1 heterocycles. The average Bonchev–Trinajstić information content (AvgIpc) is 2.34.